The molecule has 0 radical (unpaired) electrons. The molecule has 0 saturated carbocycles. The number of rotatable bonds is 2. The summed E-state index contributed by atoms with van der Waals surface area (Å²) in [5.74, 6) is 0.981. The summed E-state index contributed by atoms with van der Waals surface area (Å²) in [7, 11) is 1.82. The van der Waals surface area contributed by atoms with Crippen LogP contribution in [-0.2, 0) is 11.3 Å². The minimum Gasteiger partial charge on any atom is -0.346 e. The first-order valence-electron chi connectivity index (χ1n) is 5.34. The van der Waals surface area contributed by atoms with Crippen molar-refractivity contribution in [2.24, 2.45) is 5.73 Å². The van der Waals surface area contributed by atoms with Crippen molar-refractivity contribution in [1.29, 1.82) is 0 Å². The summed E-state index contributed by atoms with van der Waals surface area (Å²) in [6.45, 7) is 2.48. The summed E-state index contributed by atoms with van der Waals surface area (Å²) in [5.41, 5.74) is 6.51. The van der Waals surface area contributed by atoms with Gasteiger partial charge in [0.2, 0.25) is 5.91 Å². The Morgan fingerprint density at radius 3 is 2.81 bits per heavy atom. The first-order chi connectivity index (χ1) is 7.70. The smallest absolute Gasteiger partial charge is 0.241 e. The van der Waals surface area contributed by atoms with Gasteiger partial charge in [0.15, 0.2) is 0 Å². The number of carbonyl (C=O) groups excluding carboxylic acids is 1. The monoisotopic (exact) mass is 220 g/mol. The molecule has 86 valence electrons. The number of pyridine rings is 1. The molecule has 0 spiro atoms. The molecule has 1 fully saturated rings. The van der Waals surface area contributed by atoms with Crippen LogP contribution in [0.3, 0.4) is 0 Å². The second-order valence-corrected chi connectivity index (χ2v) is 3.97. The molecular formula is C11H16N4O. The molecule has 2 N–H and O–H groups in total. The highest BCUT2D eigenvalue weighted by atomic mass is 16.2. The van der Waals surface area contributed by atoms with Crippen LogP contribution in [0.15, 0.2) is 18.3 Å². The molecule has 0 aliphatic carbocycles. The van der Waals surface area contributed by atoms with Crippen LogP contribution in [0.5, 0.6) is 0 Å². The maximum absolute atomic E-state index is 11.5. The lowest BCUT2D eigenvalue weighted by Gasteiger charge is -2.32. The zero-order chi connectivity index (χ0) is 11.5. The van der Waals surface area contributed by atoms with Crippen molar-refractivity contribution < 1.29 is 4.79 Å². The molecule has 0 aromatic carbocycles. The molecule has 1 aromatic rings. The normalized spacial score (nSPS) is 16.8. The molecule has 0 bridgehead atoms. The molecule has 2 heterocycles. The van der Waals surface area contributed by atoms with Crippen LogP contribution in [0.2, 0.25) is 0 Å². The Morgan fingerprint density at radius 1 is 1.44 bits per heavy atom. The number of carbonyl (C=O) groups is 1. The van der Waals surface area contributed by atoms with Gasteiger partial charge in [0, 0.05) is 32.9 Å². The zero-order valence-electron chi connectivity index (χ0n) is 9.39. The fourth-order valence-corrected chi connectivity index (χ4v) is 1.68. The Kier molecular flexibility index (Phi) is 3.05. The third kappa shape index (κ3) is 2.14. The lowest BCUT2D eigenvalue weighted by Crippen LogP contribution is -2.48. The predicted octanol–water partition coefficient (Wildman–Crippen LogP) is -0.181. The number of nitrogens with two attached hydrogens (primary N) is 1. The molecule has 5 nitrogen and oxygen atoms in total. The SMILES string of the molecule is CN1CCN(c2ccc(CN)cn2)CC1=O. The Labute approximate surface area is 94.9 Å². The zero-order valence-corrected chi connectivity index (χ0v) is 9.39. The highest BCUT2D eigenvalue weighted by molar-refractivity contribution is 5.82. The van der Waals surface area contributed by atoms with Gasteiger partial charge in [0.25, 0.3) is 0 Å². The number of aromatic nitrogens is 1. The molecule has 2 rings (SSSR count). The quantitative estimate of drug-likeness (QED) is 0.751. The van der Waals surface area contributed by atoms with E-state index in [9.17, 15) is 4.79 Å². The maximum Gasteiger partial charge on any atom is 0.241 e. The molecule has 0 atom stereocenters. The van der Waals surface area contributed by atoms with Crippen LogP contribution in [0.4, 0.5) is 5.82 Å². The van der Waals surface area contributed by atoms with E-state index in [1.54, 1.807) is 11.1 Å². The van der Waals surface area contributed by atoms with Gasteiger partial charge in [-0.3, -0.25) is 4.79 Å². The molecular weight excluding hydrogens is 204 g/mol. The number of hydrogen-bond donors (Lipinski definition) is 1. The number of likely N-dealkylation sites (N-methyl/N-ethyl adjacent to an activating group) is 1. The summed E-state index contributed by atoms with van der Waals surface area (Å²) < 4.78 is 0. The molecule has 1 aromatic heterocycles. The number of hydrogen-bond acceptors (Lipinski definition) is 4. The first-order valence-corrected chi connectivity index (χ1v) is 5.34. The molecule has 16 heavy (non-hydrogen) atoms. The highest BCUT2D eigenvalue weighted by Crippen LogP contribution is 2.13. The average Bonchev–Trinajstić information content (AvgIpc) is 2.33. The van der Waals surface area contributed by atoms with Gasteiger partial charge in [-0.25, -0.2) is 4.98 Å². The van der Waals surface area contributed by atoms with Gasteiger partial charge in [-0.1, -0.05) is 6.07 Å². The van der Waals surface area contributed by atoms with Gasteiger partial charge >= 0.3 is 0 Å². The lowest BCUT2D eigenvalue weighted by molar-refractivity contribution is -0.129. The molecule has 1 saturated heterocycles. The molecule has 1 amide bonds. The van der Waals surface area contributed by atoms with E-state index >= 15 is 0 Å². The first kappa shape index (κ1) is 10.9. The minimum atomic E-state index is 0.135. The average molecular weight is 220 g/mol. The Balaban J connectivity index is 2.09. The molecule has 1 aliphatic heterocycles. The van der Waals surface area contributed by atoms with Crippen LogP contribution in [0.25, 0.3) is 0 Å². The topological polar surface area (TPSA) is 62.5 Å². The second-order valence-electron chi connectivity index (χ2n) is 3.97. The Hall–Kier alpha value is -1.62. The van der Waals surface area contributed by atoms with E-state index in [4.69, 9.17) is 5.73 Å². The third-order valence-corrected chi connectivity index (χ3v) is 2.83. The maximum atomic E-state index is 11.5. The van der Waals surface area contributed by atoms with Crippen LogP contribution < -0.4 is 10.6 Å². The summed E-state index contributed by atoms with van der Waals surface area (Å²) in [4.78, 5) is 19.6. The number of piperazine rings is 1. The van der Waals surface area contributed by atoms with Crippen molar-refractivity contribution in [3.8, 4) is 0 Å². The van der Waals surface area contributed by atoms with Crippen molar-refractivity contribution in [2.75, 3.05) is 31.6 Å². The van der Waals surface area contributed by atoms with E-state index in [1.165, 1.54) is 0 Å². The number of anilines is 1. The molecule has 0 unspecified atom stereocenters. The van der Waals surface area contributed by atoms with Gasteiger partial charge in [0.1, 0.15) is 5.82 Å². The minimum absolute atomic E-state index is 0.135. The van der Waals surface area contributed by atoms with E-state index < -0.39 is 0 Å². The molecule has 5 heteroatoms. The number of amides is 1. The molecule has 1 aliphatic rings. The van der Waals surface area contributed by atoms with Crippen molar-refractivity contribution >= 4 is 11.7 Å². The summed E-state index contributed by atoms with van der Waals surface area (Å²) in [6.07, 6.45) is 1.76. The van der Waals surface area contributed by atoms with Crippen molar-refractivity contribution in [3.63, 3.8) is 0 Å². The predicted molar refractivity (Wildman–Crippen MR) is 62.0 cm³/mol. The second kappa shape index (κ2) is 4.49. The summed E-state index contributed by atoms with van der Waals surface area (Å²) in [5, 5.41) is 0. The highest BCUT2D eigenvalue weighted by Gasteiger charge is 2.21. The van der Waals surface area contributed by atoms with E-state index in [0.717, 1.165) is 24.5 Å². The van der Waals surface area contributed by atoms with Crippen molar-refractivity contribution in [3.05, 3.63) is 23.9 Å². The van der Waals surface area contributed by atoms with Crippen LogP contribution >= 0.6 is 0 Å². The van der Waals surface area contributed by atoms with Crippen molar-refractivity contribution in [2.45, 2.75) is 6.54 Å². The van der Waals surface area contributed by atoms with E-state index in [2.05, 4.69) is 4.98 Å². The van der Waals surface area contributed by atoms with Crippen LogP contribution in [0.1, 0.15) is 5.56 Å². The lowest BCUT2D eigenvalue weighted by atomic mass is 10.2. The van der Waals surface area contributed by atoms with Crippen LogP contribution in [0, 0.1) is 0 Å². The van der Waals surface area contributed by atoms with Crippen LogP contribution in [-0.4, -0.2) is 42.5 Å². The summed E-state index contributed by atoms with van der Waals surface area (Å²) in [6, 6.07) is 3.87. The fourth-order valence-electron chi connectivity index (χ4n) is 1.68. The van der Waals surface area contributed by atoms with Gasteiger partial charge in [-0.15, -0.1) is 0 Å². The Bertz CT molecular complexity index is 376. The standard InChI is InChI=1S/C11H16N4O/c1-14-4-5-15(8-11(14)16)10-3-2-9(6-12)7-13-10/h2-3,7H,4-6,8,12H2,1H3. The van der Waals surface area contributed by atoms with Gasteiger partial charge < -0.3 is 15.5 Å². The van der Waals surface area contributed by atoms with Gasteiger partial charge in [-0.05, 0) is 11.6 Å². The third-order valence-electron chi connectivity index (χ3n) is 2.83. The van der Waals surface area contributed by atoms with Gasteiger partial charge in [-0.2, -0.15) is 0 Å². The van der Waals surface area contributed by atoms with E-state index in [0.29, 0.717) is 13.1 Å². The van der Waals surface area contributed by atoms with Gasteiger partial charge in [0.05, 0.1) is 6.54 Å². The Morgan fingerprint density at radius 2 is 2.25 bits per heavy atom. The number of nitrogens with zero attached hydrogens (tertiary/aromatic N) is 3. The summed E-state index contributed by atoms with van der Waals surface area (Å²) >= 11 is 0. The fraction of sp³-hybridized carbons (Fsp3) is 0.455. The largest absolute Gasteiger partial charge is 0.346 e. The van der Waals surface area contributed by atoms with E-state index in [-0.39, 0.29) is 5.91 Å². The van der Waals surface area contributed by atoms with E-state index in [1.807, 2.05) is 24.1 Å². The van der Waals surface area contributed by atoms with Crippen molar-refractivity contribution in [1.82, 2.24) is 9.88 Å².